The predicted molar refractivity (Wildman–Crippen MR) is 143 cm³/mol. The Bertz CT molecular complexity index is 993. The number of hydrogen-bond acceptors (Lipinski definition) is 4. The number of hydrogen-bond donors (Lipinski definition) is 2. The molecule has 0 aliphatic heterocycles. The molecular weight excluding hydrogens is 465 g/mol. The van der Waals surface area contributed by atoms with Gasteiger partial charge < -0.3 is 4.80 Å². The molecule has 0 aliphatic rings. The van der Waals surface area contributed by atoms with Crippen LogP contribution in [0.5, 0.6) is 0 Å². The van der Waals surface area contributed by atoms with Gasteiger partial charge in [-0.05, 0) is 76.6 Å². The molecule has 0 saturated heterocycles. The molecule has 174 valence electrons. The molecule has 3 nitrogen and oxygen atoms in total. The minimum absolute atomic E-state index is 0.00292. The van der Waals surface area contributed by atoms with Crippen LogP contribution in [0, 0.1) is 0 Å². The molecule has 0 saturated carbocycles. The number of carbonyl (C=O) groups is 2. The van der Waals surface area contributed by atoms with Gasteiger partial charge in [-0.1, -0.05) is 60.3 Å². The fourth-order valence-corrected chi connectivity index (χ4v) is 7.86. The Kier molecular flexibility index (Phi) is 9.56. The van der Waals surface area contributed by atoms with E-state index in [1.165, 1.54) is 26.4 Å². The van der Waals surface area contributed by atoms with E-state index in [2.05, 4.69) is 60.7 Å². The first kappa shape index (κ1) is 25.5. The van der Waals surface area contributed by atoms with E-state index in [1.807, 2.05) is 37.4 Å². The van der Waals surface area contributed by atoms with Gasteiger partial charge in [-0.15, -0.1) is 0 Å². The van der Waals surface area contributed by atoms with E-state index in [4.69, 9.17) is 0 Å². The maximum absolute atomic E-state index is 12.6. The largest absolute Gasteiger partial charge is 0.432 e. The lowest BCUT2D eigenvalue weighted by Gasteiger charge is -2.23. The van der Waals surface area contributed by atoms with Crippen LogP contribution in [0.25, 0.3) is 0 Å². The molecule has 0 radical (unpaired) electrons. The third-order valence-electron chi connectivity index (χ3n) is 5.23. The van der Waals surface area contributed by atoms with Crippen LogP contribution >= 0.6 is 22.7 Å². The first-order valence-electron chi connectivity index (χ1n) is 11.2. The molecule has 0 aromatic heterocycles. The van der Waals surface area contributed by atoms with E-state index in [1.54, 1.807) is 0 Å². The lowest BCUT2D eigenvalue weighted by molar-refractivity contribution is -0.110. The molecule has 3 rings (SSSR count). The van der Waals surface area contributed by atoms with Crippen molar-refractivity contribution in [2.24, 2.45) is 0 Å². The maximum Gasteiger partial charge on any atom is 0.189 e. The highest BCUT2D eigenvalue weighted by Gasteiger charge is 2.17. The molecule has 0 spiro atoms. The van der Waals surface area contributed by atoms with Crippen LogP contribution < -0.4 is 0 Å². The van der Waals surface area contributed by atoms with Crippen molar-refractivity contribution in [1.29, 1.82) is 0 Å². The van der Waals surface area contributed by atoms with Crippen LogP contribution in [0.2, 0.25) is 19.1 Å². The fraction of sp³-hybridized carbons (Fsp3) is 0.259. The van der Waals surface area contributed by atoms with Crippen molar-refractivity contribution >= 4 is 41.9 Å². The zero-order chi connectivity index (χ0) is 23.7. The Hall–Kier alpha value is -2.12. The topological polar surface area (TPSA) is 54.4 Å². The van der Waals surface area contributed by atoms with Crippen molar-refractivity contribution in [3.63, 3.8) is 0 Å². The lowest BCUT2D eigenvalue weighted by atomic mass is 10.1. The van der Waals surface area contributed by atoms with Gasteiger partial charge in [-0.3, -0.25) is 9.59 Å². The summed E-state index contributed by atoms with van der Waals surface area (Å²) in [4.78, 5) is 38.4. The van der Waals surface area contributed by atoms with Crippen molar-refractivity contribution in [2.75, 3.05) is 5.75 Å². The van der Waals surface area contributed by atoms with E-state index in [9.17, 15) is 14.4 Å². The number of thiol groups is 1. The second-order valence-corrected chi connectivity index (χ2v) is 16.1. The molecule has 0 amide bonds. The van der Waals surface area contributed by atoms with Crippen molar-refractivity contribution in [3.05, 3.63) is 90.5 Å². The monoisotopic (exact) mass is 496 g/mol. The molecule has 0 aliphatic carbocycles. The standard InChI is InChI=1S/C27H32O3S2Si/c1-33(2,30)21-9-20-31-27(29)19-18-26(28)22-14-16-25(17-15-22)32(23-10-5-3-6-11-23)24-12-7-4-8-13-24/h3-8,10-17,30,32H,9,18-21H2,1-2H3. The first-order valence-corrected chi connectivity index (χ1v) is 16.7. The van der Waals surface area contributed by atoms with Crippen molar-refractivity contribution in [1.82, 2.24) is 0 Å². The number of Topliss-reactive ketones (excluding diaryl/α,β-unsaturated/α-hetero) is 1. The fourth-order valence-electron chi connectivity index (χ4n) is 3.52. The molecule has 0 heterocycles. The molecular formula is C27H32O3S2Si. The molecule has 0 unspecified atom stereocenters. The van der Waals surface area contributed by atoms with Crippen LogP contribution in [0.1, 0.15) is 29.6 Å². The third kappa shape index (κ3) is 8.30. The molecule has 0 atom stereocenters. The van der Waals surface area contributed by atoms with Gasteiger partial charge in [0.15, 0.2) is 19.2 Å². The van der Waals surface area contributed by atoms with Gasteiger partial charge in [0.2, 0.25) is 0 Å². The number of rotatable bonds is 11. The van der Waals surface area contributed by atoms with E-state index < -0.39 is 19.2 Å². The Morgan fingerprint density at radius 1 is 0.788 bits per heavy atom. The van der Waals surface area contributed by atoms with Crippen LogP contribution in [0.3, 0.4) is 0 Å². The van der Waals surface area contributed by atoms with E-state index in [0.717, 1.165) is 12.5 Å². The van der Waals surface area contributed by atoms with Crippen LogP contribution in [0.4, 0.5) is 0 Å². The summed E-state index contributed by atoms with van der Waals surface area (Å²) in [5.41, 5.74) is 0.653. The summed E-state index contributed by atoms with van der Waals surface area (Å²) in [6.45, 7) is 3.82. The zero-order valence-corrected chi connectivity index (χ0v) is 21.9. The quantitative estimate of drug-likeness (QED) is 0.130. The van der Waals surface area contributed by atoms with E-state index in [0.29, 0.717) is 11.3 Å². The summed E-state index contributed by atoms with van der Waals surface area (Å²) in [5, 5.41) is 0.0501. The average Bonchev–Trinajstić information content (AvgIpc) is 2.82. The number of ketones is 1. The van der Waals surface area contributed by atoms with E-state index >= 15 is 0 Å². The second-order valence-electron chi connectivity index (χ2n) is 8.61. The second kappa shape index (κ2) is 12.4. The van der Waals surface area contributed by atoms with Crippen LogP contribution in [-0.2, 0) is 4.79 Å². The molecule has 1 N–H and O–H groups in total. The molecule has 0 fully saturated rings. The average molecular weight is 497 g/mol. The Morgan fingerprint density at radius 2 is 1.30 bits per heavy atom. The minimum Gasteiger partial charge on any atom is -0.432 e. The number of carbonyl (C=O) groups excluding carboxylic acids is 2. The predicted octanol–water partition coefficient (Wildman–Crippen LogP) is 6.98. The number of thioether (sulfide) groups is 1. The Labute approximate surface area is 205 Å². The first-order chi connectivity index (χ1) is 15.8. The molecule has 33 heavy (non-hydrogen) atoms. The third-order valence-corrected chi connectivity index (χ3v) is 10.3. The highest BCUT2D eigenvalue weighted by atomic mass is 32.2. The molecule has 3 aromatic rings. The highest BCUT2D eigenvalue weighted by molar-refractivity contribution is 8.17. The SMILES string of the molecule is C[Si](C)(O)CCCSC(=O)CCC(=O)c1ccc([SH](c2ccccc2)c2ccccc2)cc1. The lowest BCUT2D eigenvalue weighted by Crippen LogP contribution is -2.24. The van der Waals surface area contributed by atoms with Crippen molar-refractivity contribution in [3.8, 4) is 0 Å². The van der Waals surface area contributed by atoms with Gasteiger partial charge in [0.25, 0.3) is 0 Å². The zero-order valence-electron chi connectivity index (χ0n) is 19.2. The van der Waals surface area contributed by atoms with Gasteiger partial charge in [-0.25, -0.2) is 0 Å². The molecule has 0 bridgehead atoms. The number of benzene rings is 3. The van der Waals surface area contributed by atoms with Gasteiger partial charge in [0.1, 0.15) is 0 Å². The summed E-state index contributed by atoms with van der Waals surface area (Å²) in [7, 11) is -2.74. The summed E-state index contributed by atoms with van der Waals surface area (Å²) in [6.07, 6.45) is 1.33. The van der Waals surface area contributed by atoms with Crippen molar-refractivity contribution < 1.29 is 14.4 Å². The minimum atomic E-state index is -2.04. The summed E-state index contributed by atoms with van der Waals surface area (Å²) in [5.74, 6) is 0.712. The molecule has 6 heteroatoms. The Morgan fingerprint density at radius 3 is 1.82 bits per heavy atom. The highest BCUT2D eigenvalue weighted by Crippen LogP contribution is 2.51. The van der Waals surface area contributed by atoms with Gasteiger partial charge >= 0.3 is 0 Å². The van der Waals surface area contributed by atoms with Crippen molar-refractivity contribution in [2.45, 2.75) is 53.1 Å². The van der Waals surface area contributed by atoms with Gasteiger partial charge in [0, 0.05) is 24.2 Å². The van der Waals surface area contributed by atoms with Crippen LogP contribution in [0.15, 0.2) is 99.6 Å². The summed E-state index contributed by atoms with van der Waals surface area (Å²) in [6, 6.07) is 29.6. The smallest absolute Gasteiger partial charge is 0.189 e. The normalized spacial score (nSPS) is 11.8. The van der Waals surface area contributed by atoms with Gasteiger partial charge in [-0.2, -0.15) is 10.9 Å². The Balaban J connectivity index is 1.60. The van der Waals surface area contributed by atoms with Crippen LogP contribution in [-0.4, -0.2) is 29.8 Å². The summed E-state index contributed by atoms with van der Waals surface area (Å²) < 4.78 is 0. The van der Waals surface area contributed by atoms with E-state index in [-0.39, 0.29) is 23.7 Å². The summed E-state index contributed by atoms with van der Waals surface area (Å²) >= 11 is 1.28. The molecule has 3 aromatic carbocycles. The maximum atomic E-state index is 12.6. The van der Waals surface area contributed by atoms with Gasteiger partial charge in [0.05, 0.1) is 0 Å².